The summed E-state index contributed by atoms with van der Waals surface area (Å²) in [7, 11) is 0. The van der Waals surface area contributed by atoms with Gasteiger partial charge in [0, 0.05) is 12.4 Å². The van der Waals surface area contributed by atoms with E-state index >= 15 is 0 Å². The number of nitrogens with zero attached hydrogens (tertiary/aromatic N) is 5. The third-order valence-electron chi connectivity index (χ3n) is 1.83. The largest absolute Gasteiger partial charge is 0.409 e. The van der Waals surface area contributed by atoms with E-state index in [0.717, 1.165) is 10.2 Å². The second-order valence-corrected chi connectivity index (χ2v) is 3.68. The van der Waals surface area contributed by atoms with E-state index in [0.29, 0.717) is 0 Å². The predicted octanol–water partition coefficient (Wildman–Crippen LogP) is 0.519. The fourth-order valence-corrected chi connectivity index (χ4v) is 1.53. The molecule has 2 aromatic rings. The van der Waals surface area contributed by atoms with Crippen LogP contribution in [0.15, 0.2) is 34.4 Å². The minimum atomic E-state index is -0.135. The number of halogens is 1. The molecule has 0 aliphatic carbocycles. The lowest BCUT2D eigenvalue weighted by atomic mass is 10.4. The normalized spacial score (nSPS) is 11.7. The average Bonchev–Trinajstić information content (AvgIpc) is 2.78. The van der Waals surface area contributed by atoms with E-state index in [-0.39, 0.29) is 11.7 Å². The van der Waals surface area contributed by atoms with Gasteiger partial charge in [-0.25, -0.2) is 9.67 Å². The Morgan fingerprint density at radius 2 is 2.38 bits per heavy atom. The first-order chi connectivity index (χ1) is 7.72. The topological polar surface area (TPSA) is 102 Å². The Bertz CT molecular complexity index is 537. The number of aromatic nitrogens is 4. The molecule has 0 saturated heterocycles. The van der Waals surface area contributed by atoms with Gasteiger partial charge in [-0.2, -0.15) is 0 Å². The number of nitrogens with two attached hydrogens (primary N) is 1. The molecule has 0 fully saturated rings. The summed E-state index contributed by atoms with van der Waals surface area (Å²) in [5, 5.41) is 15.3. The van der Waals surface area contributed by atoms with Gasteiger partial charge < -0.3 is 10.9 Å². The summed E-state index contributed by atoms with van der Waals surface area (Å²) in [6.07, 6.45) is 4.73. The van der Waals surface area contributed by atoms with Crippen molar-refractivity contribution in [3.8, 4) is 5.69 Å². The van der Waals surface area contributed by atoms with Gasteiger partial charge in [0.15, 0.2) is 0 Å². The molecule has 0 bridgehead atoms. The molecule has 2 heterocycles. The highest BCUT2D eigenvalue weighted by molar-refractivity contribution is 9.10. The van der Waals surface area contributed by atoms with Crippen molar-refractivity contribution in [1.82, 2.24) is 19.7 Å². The molecule has 0 unspecified atom stereocenters. The van der Waals surface area contributed by atoms with Crippen LogP contribution in [-0.4, -0.2) is 30.8 Å². The van der Waals surface area contributed by atoms with Gasteiger partial charge in [0.25, 0.3) is 0 Å². The summed E-state index contributed by atoms with van der Waals surface area (Å²) in [5.41, 5.74) is 6.12. The zero-order valence-corrected chi connectivity index (χ0v) is 9.53. The summed E-state index contributed by atoms with van der Waals surface area (Å²) >= 11 is 3.33. The van der Waals surface area contributed by atoms with Crippen LogP contribution in [0.1, 0.15) is 5.82 Å². The molecule has 0 spiro atoms. The van der Waals surface area contributed by atoms with E-state index in [1.54, 1.807) is 18.5 Å². The van der Waals surface area contributed by atoms with Gasteiger partial charge in [-0.1, -0.05) is 5.16 Å². The van der Waals surface area contributed by atoms with Crippen molar-refractivity contribution < 1.29 is 5.21 Å². The molecule has 0 aromatic carbocycles. The van der Waals surface area contributed by atoms with Gasteiger partial charge in [-0.3, -0.25) is 4.98 Å². The molecule has 0 aliphatic rings. The van der Waals surface area contributed by atoms with Crippen LogP contribution in [0.2, 0.25) is 0 Å². The van der Waals surface area contributed by atoms with Gasteiger partial charge >= 0.3 is 0 Å². The van der Waals surface area contributed by atoms with Crippen LogP contribution in [0, 0.1) is 0 Å². The maximum atomic E-state index is 8.48. The van der Waals surface area contributed by atoms with Gasteiger partial charge in [0.1, 0.15) is 6.33 Å². The molecule has 2 aromatic heterocycles. The fraction of sp³-hybridized carbons (Fsp3) is 0. The molecule has 16 heavy (non-hydrogen) atoms. The van der Waals surface area contributed by atoms with Crippen LogP contribution >= 0.6 is 15.9 Å². The number of amidine groups is 1. The maximum Gasteiger partial charge on any atom is 0.220 e. The van der Waals surface area contributed by atoms with Crippen molar-refractivity contribution in [2.24, 2.45) is 10.9 Å². The number of oxime groups is 1. The molecule has 7 nitrogen and oxygen atoms in total. The minimum absolute atomic E-state index is 0.135. The summed E-state index contributed by atoms with van der Waals surface area (Å²) < 4.78 is 2.27. The van der Waals surface area contributed by atoms with Crippen molar-refractivity contribution in [3.05, 3.63) is 35.1 Å². The van der Waals surface area contributed by atoms with E-state index in [1.807, 2.05) is 0 Å². The highest BCUT2D eigenvalue weighted by atomic mass is 79.9. The van der Waals surface area contributed by atoms with Crippen LogP contribution in [-0.2, 0) is 0 Å². The highest BCUT2D eigenvalue weighted by Crippen LogP contribution is 2.17. The standard InChI is InChI=1S/C8H7BrN6O/c9-5-3-11-2-1-6(5)15-4-12-8(13-15)7(10)14-16/h1-4,16H,(H2,10,14). The molecule has 8 heteroatoms. The second kappa shape index (κ2) is 4.27. The van der Waals surface area contributed by atoms with Crippen LogP contribution in [0.5, 0.6) is 0 Å². The van der Waals surface area contributed by atoms with Crippen molar-refractivity contribution >= 4 is 21.8 Å². The predicted molar refractivity (Wildman–Crippen MR) is 59.4 cm³/mol. The molecule has 0 saturated carbocycles. The molecule has 2 rings (SSSR count). The Balaban J connectivity index is 2.43. The molecular formula is C8H7BrN6O. The Kier molecular flexibility index (Phi) is 2.82. The van der Waals surface area contributed by atoms with Crippen LogP contribution in [0.25, 0.3) is 5.69 Å². The van der Waals surface area contributed by atoms with Crippen molar-refractivity contribution in [3.63, 3.8) is 0 Å². The maximum absolute atomic E-state index is 8.48. The molecular weight excluding hydrogens is 276 g/mol. The monoisotopic (exact) mass is 282 g/mol. The summed E-state index contributed by atoms with van der Waals surface area (Å²) in [6.45, 7) is 0. The first kappa shape index (κ1) is 10.6. The van der Waals surface area contributed by atoms with Crippen LogP contribution in [0.3, 0.4) is 0 Å². The quantitative estimate of drug-likeness (QED) is 0.362. The Hall–Kier alpha value is -1.96. The third kappa shape index (κ3) is 1.87. The number of rotatable bonds is 2. The Morgan fingerprint density at radius 1 is 1.56 bits per heavy atom. The lowest BCUT2D eigenvalue weighted by Crippen LogP contribution is -2.15. The first-order valence-corrected chi connectivity index (χ1v) is 5.01. The van der Waals surface area contributed by atoms with E-state index in [9.17, 15) is 0 Å². The molecule has 0 amide bonds. The van der Waals surface area contributed by atoms with E-state index in [1.165, 1.54) is 11.0 Å². The molecule has 0 aliphatic heterocycles. The molecule has 0 radical (unpaired) electrons. The Labute approximate surface area is 98.8 Å². The fourth-order valence-electron chi connectivity index (χ4n) is 1.09. The van der Waals surface area contributed by atoms with Gasteiger partial charge in [-0.05, 0) is 22.0 Å². The van der Waals surface area contributed by atoms with Crippen LogP contribution < -0.4 is 5.73 Å². The SMILES string of the molecule is N/C(=N/O)c1ncn(-c2ccncc2Br)n1. The van der Waals surface area contributed by atoms with Crippen molar-refractivity contribution in [2.45, 2.75) is 0 Å². The molecule has 3 N–H and O–H groups in total. The lowest BCUT2D eigenvalue weighted by molar-refractivity contribution is 0.318. The first-order valence-electron chi connectivity index (χ1n) is 4.22. The van der Waals surface area contributed by atoms with E-state index in [2.05, 4.69) is 36.2 Å². The smallest absolute Gasteiger partial charge is 0.220 e. The van der Waals surface area contributed by atoms with Gasteiger partial charge in [0.05, 0.1) is 10.2 Å². The zero-order chi connectivity index (χ0) is 11.5. The number of pyridine rings is 1. The third-order valence-corrected chi connectivity index (χ3v) is 2.44. The van der Waals surface area contributed by atoms with Crippen molar-refractivity contribution in [1.29, 1.82) is 0 Å². The summed E-state index contributed by atoms with van der Waals surface area (Å²) in [6, 6.07) is 1.76. The minimum Gasteiger partial charge on any atom is -0.409 e. The molecule has 0 atom stereocenters. The molecule has 82 valence electrons. The van der Waals surface area contributed by atoms with Gasteiger partial charge in [0.2, 0.25) is 11.7 Å². The average molecular weight is 283 g/mol. The lowest BCUT2D eigenvalue weighted by Gasteiger charge is -2.01. The summed E-state index contributed by atoms with van der Waals surface area (Å²) in [5.74, 6) is 0.0233. The summed E-state index contributed by atoms with van der Waals surface area (Å²) in [4.78, 5) is 7.83. The zero-order valence-electron chi connectivity index (χ0n) is 7.95. The van der Waals surface area contributed by atoms with E-state index in [4.69, 9.17) is 10.9 Å². The number of hydrogen-bond donors (Lipinski definition) is 2. The second-order valence-electron chi connectivity index (χ2n) is 2.83. The van der Waals surface area contributed by atoms with Gasteiger partial charge in [-0.15, -0.1) is 5.10 Å². The van der Waals surface area contributed by atoms with E-state index < -0.39 is 0 Å². The van der Waals surface area contributed by atoms with Crippen molar-refractivity contribution in [2.75, 3.05) is 0 Å². The van der Waals surface area contributed by atoms with Crippen LogP contribution in [0.4, 0.5) is 0 Å². The number of hydrogen-bond acceptors (Lipinski definition) is 5. The highest BCUT2D eigenvalue weighted by Gasteiger charge is 2.08. The Morgan fingerprint density at radius 3 is 3.06 bits per heavy atom.